The summed E-state index contributed by atoms with van der Waals surface area (Å²) in [4.78, 5) is 10.2. The average Bonchev–Trinajstić information content (AvgIpc) is 2.34. The third kappa shape index (κ3) is 3.91. The summed E-state index contributed by atoms with van der Waals surface area (Å²) in [6.07, 6.45) is -2.54. The lowest BCUT2D eigenvalue weighted by Crippen LogP contribution is -2.42. The second-order valence-electron chi connectivity index (χ2n) is 4.03. The van der Waals surface area contributed by atoms with E-state index in [0.717, 1.165) is 0 Å². The van der Waals surface area contributed by atoms with Gasteiger partial charge in [0, 0.05) is 17.7 Å². The Hall–Kier alpha value is 0.120. The van der Waals surface area contributed by atoms with E-state index in [1.54, 1.807) is 0 Å². The van der Waals surface area contributed by atoms with Gasteiger partial charge in [-0.2, -0.15) is 0 Å². The Morgan fingerprint density at radius 2 is 1.71 bits per heavy atom. The minimum absolute atomic E-state index is 0.166. The monoisotopic (exact) mass is 413 g/mol. The molecular weight excluding hydrogens is 411 g/mol. The van der Waals surface area contributed by atoms with E-state index in [2.05, 4.69) is 0 Å². The molecule has 1 heterocycles. The number of nitro benzene ring substituents is 1. The van der Waals surface area contributed by atoms with Gasteiger partial charge in [0.1, 0.15) is 11.9 Å². The highest BCUT2D eigenvalue weighted by molar-refractivity contribution is 6.68. The number of alkyl halides is 6. The fraction of sp³-hybridized carbons (Fsp3) is 0.400. The summed E-state index contributed by atoms with van der Waals surface area (Å²) in [7, 11) is 0. The Labute approximate surface area is 149 Å². The highest BCUT2D eigenvalue weighted by atomic mass is 35.6. The minimum atomic E-state index is -1.94. The van der Waals surface area contributed by atoms with Crippen molar-refractivity contribution in [2.75, 3.05) is 0 Å². The summed E-state index contributed by atoms with van der Waals surface area (Å²) in [5.41, 5.74) is -0.0396. The Morgan fingerprint density at radius 1 is 1.10 bits per heavy atom. The predicted molar refractivity (Wildman–Crippen MR) is 81.9 cm³/mol. The third-order valence-electron chi connectivity index (χ3n) is 2.54. The molecule has 21 heavy (non-hydrogen) atoms. The molecule has 0 spiro atoms. The first-order valence-electron chi connectivity index (χ1n) is 5.24. The largest absolute Gasteiger partial charge is 0.460 e. The molecule has 1 aromatic carbocycles. The van der Waals surface area contributed by atoms with Crippen LogP contribution in [0, 0.1) is 10.1 Å². The molecule has 0 amide bonds. The van der Waals surface area contributed by atoms with Crippen molar-refractivity contribution < 1.29 is 14.4 Å². The van der Waals surface area contributed by atoms with Gasteiger partial charge < -0.3 is 9.47 Å². The predicted octanol–water partition coefficient (Wildman–Crippen LogP) is 5.11. The zero-order valence-electron chi connectivity index (χ0n) is 9.73. The highest BCUT2D eigenvalue weighted by Crippen LogP contribution is 2.51. The molecule has 0 fully saturated rings. The van der Waals surface area contributed by atoms with E-state index in [-0.39, 0.29) is 17.0 Å². The lowest BCUT2D eigenvalue weighted by atomic mass is 10.1. The minimum Gasteiger partial charge on any atom is -0.460 e. The summed E-state index contributed by atoms with van der Waals surface area (Å²) >= 11 is 34.7. The van der Waals surface area contributed by atoms with E-state index in [4.69, 9.17) is 79.1 Å². The summed E-state index contributed by atoms with van der Waals surface area (Å²) in [5, 5.41) is 10.8. The molecule has 0 saturated carbocycles. The van der Waals surface area contributed by atoms with E-state index in [1.807, 2.05) is 0 Å². The molecule has 0 unspecified atom stereocenters. The fourth-order valence-electron chi connectivity index (χ4n) is 1.70. The van der Waals surface area contributed by atoms with E-state index in [0.29, 0.717) is 0 Å². The quantitative estimate of drug-likeness (QED) is 0.363. The van der Waals surface area contributed by atoms with E-state index in [9.17, 15) is 10.1 Å². The Kier molecular flexibility index (Phi) is 4.96. The van der Waals surface area contributed by atoms with Gasteiger partial charge in [0.15, 0.2) is 0 Å². The SMILES string of the molecule is O=[N+]([O-])c1ccc2c(c1)[C@H](C(Cl)(Cl)Cl)O[C@@H](C(Cl)(Cl)Cl)O2. The molecule has 0 N–H and O–H groups in total. The number of hydrogen-bond acceptors (Lipinski definition) is 4. The lowest BCUT2D eigenvalue weighted by molar-refractivity contribution is -0.385. The van der Waals surface area contributed by atoms with Gasteiger partial charge in [-0.25, -0.2) is 0 Å². The Bertz CT molecular complexity index is 570. The van der Waals surface area contributed by atoms with Crippen LogP contribution in [0.3, 0.4) is 0 Å². The van der Waals surface area contributed by atoms with Crippen LogP contribution in [-0.4, -0.2) is 18.8 Å². The van der Waals surface area contributed by atoms with E-state index < -0.39 is 24.9 Å². The van der Waals surface area contributed by atoms with Gasteiger partial charge in [-0.1, -0.05) is 69.6 Å². The average molecular weight is 416 g/mol. The zero-order chi connectivity index (χ0) is 16.0. The van der Waals surface area contributed by atoms with Crippen LogP contribution < -0.4 is 4.74 Å². The number of nitro groups is 1. The van der Waals surface area contributed by atoms with Gasteiger partial charge in [-0.05, 0) is 6.07 Å². The lowest BCUT2D eigenvalue weighted by Gasteiger charge is -2.37. The van der Waals surface area contributed by atoms with Crippen LogP contribution >= 0.6 is 69.6 Å². The van der Waals surface area contributed by atoms with Crippen molar-refractivity contribution in [2.24, 2.45) is 0 Å². The highest BCUT2D eigenvalue weighted by Gasteiger charge is 2.48. The fourth-order valence-corrected chi connectivity index (χ4v) is 2.49. The van der Waals surface area contributed by atoms with Gasteiger partial charge >= 0.3 is 0 Å². The van der Waals surface area contributed by atoms with E-state index >= 15 is 0 Å². The maximum absolute atomic E-state index is 10.8. The molecule has 1 aliphatic heterocycles. The molecule has 11 heteroatoms. The maximum atomic E-state index is 10.8. The van der Waals surface area contributed by atoms with Crippen LogP contribution in [0.15, 0.2) is 18.2 Å². The molecule has 5 nitrogen and oxygen atoms in total. The Morgan fingerprint density at radius 3 is 2.19 bits per heavy atom. The van der Waals surface area contributed by atoms with Crippen molar-refractivity contribution in [1.82, 2.24) is 0 Å². The molecular formula is C10H5Cl6NO4. The molecule has 0 radical (unpaired) electrons. The van der Waals surface area contributed by atoms with Crippen molar-refractivity contribution in [3.05, 3.63) is 33.9 Å². The molecule has 2 atom stereocenters. The van der Waals surface area contributed by atoms with Crippen molar-refractivity contribution in [2.45, 2.75) is 20.0 Å². The van der Waals surface area contributed by atoms with Gasteiger partial charge in [0.25, 0.3) is 9.48 Å². The normalized spacial score (nSPS) is 22.4. The number of rotatable bonds is 1. The Balaban J connectivity index is 2.51. The number of hydrogen-bond donors (Lipinski definition) is 0. The molecule has 0 bridgehead atoms. The summed E-state index contributed by atoms with van der Waals surface area (Å²) in [5.74, 6) is 0.166. The van der Waals surface area contributed by atoms with Crippen LogP contribution in [0.2, 0.25) is 0 Å². The first-order chi connectivity index (χ1) is 9.50. The van der Waals surface area contributed by atoms with Gasteiger partial charge in [0.2, 0.25) is 10.1 Å². The second-order valence-corrected chi connectivity index (χ2v) is 8.77. The molecule has 0 saturated heterocycles. The van der Waals surface area contributed by atoms with Crippen molar-refractivity contribution in [3.8, 4) is 5.75 Å². The summed E-state index contributed by atoms with van der Waals surface area (Å²) in [6.45, 7) is 0. The first-order valence-corrected chi connectivity index (χ1v) is 7.51. The first kappa shape index (κ1) is 17.5. The van der Waals surface area contributed by atoms with Crippen LogP contribution in [0.1, 0.15) is 11.7 Å². The number of non-ortho nitro benzene ring substituents is 1. The van der Waals surface area contributed by atoms with E-state index in [1.165, 1.54) is 18.2 Å². The topological polar surface area (TPSA) is 61.6 Å². The second kappa shape index (κ2) is 5.96. The van der Waals surface area contributed by atoms with Gasteiger partial charge in [-0.15, -0.1) is 0 Å². The zero-order valence-corrected chi connectivity index (χ0v) is 14.3. The van der Waals surface area contributed by atoms with Crippen LogP contribution in [0.5, 0.6) is 5.75 Å². The number of halogens is 6. The summed E-state index contributed by atoms with van der Waals surface area (Å²) in [6, 6.07) is 3.72. The standard InChI is InChI=1S/C10H5Cl6NO4/c11-9(12,13)7-5-3-4(17(18)19)1-2-6(5)20-8(21-7)10(14,15)16/h1-3,7-8H/t7-,8+/m1/s1. The molecule has 2 rings (SSSR count). The van der Waals surface area contributed by atoms with Gasteiger partial charge in [0.05, 0.1) is 4.92 Å². The molecule has 1 aromatic rings. The third-order valence-corrected chi connectivity index (χ3v) is 3.67. The van der Waals surface area contributed by atoms with Crippen molar-refractivity contribution in [3.63, 3.8) is 0 Å². The summed E-state index contributed by atoms with van der Waals surface area (Å²) < 4.78 is 6.80. The molecule has 0 aromatic heterocycles. The number of ether oxygens (including phenoxy) is 2. The maximum Gasteiger partial charge on any atom is 0.270 e. The molecule has 116 valence electrons. The number of fused-ring (bicyclic) bond motifs is 1. The molecule has 1 aliphatic rings. The number of nitrogens with zero attached hydrogens (tertiary/aromatic N) is 1. The molecule has 0 aliphatic carbocycles. The van der Waals surface area contributed by atoms with Gasteiger partial charge in [-0.3, -0.25) is 10.1 Å². The van der Waals surface area contributed by atoms with Crippen molar-refractivity contribution in [1.29, 1.82) is 0 Å². The number of benzene rings is 1. The van der Waals surface area contributed by atoms with Crippen LogP contribution in [0.25, 0.3) is 0 Å². The van der Waals surface area contributed by atoms with Crippen LogP contribution in [0.4, 0.5) is 5.69 Å². The smallest absolute Gasteiger partial charge is 0.270 e. The van der Waals surface area contributed by atoms with Crippen molar-refractivity contribution >= 4 is 75.3 Å². The van der Waals surface area contributed by atoms with Crippen LogP contribution in [-0.2, 0) is 4.74 Å².